The normalized spacial score (nSPS) is 11.5. The maximum atomic E-state index is 13.1. The van der Waals surface area contributed by atoms with Crippen LogP contribution in [-0.4, -0.2) is 42.3 Å². The molecule has 3 N–H and O–H groups in total. The van der Waals surface area contributed by atoms with Crippen molar-refractivity contribution in [2.75, 3.05) is 24.2 Å². The Morgan fingerprint density at radius 3 is 2.52 bits per heavy atom. The number of benzene rings is 1. The van der Waals surface area contributed by atoms with Crippen LogP contribution in [0.25, 0.3) is 22.3 Å². The molecular formula is C17H18FN5O3S. The van der Waals surface area contributed by atoms with Crippen molar-refractivity contribution in [1.82, 2.24) is 15.0 Å². The van der Waals surface area contributed by atoms with Gasteiger partial charge in [-0.1, -0.05) is 0 Å². The van der Waals surface area contributed by atoms with E-state index >= 15 is 0 Å². The molecule has 0 bridgehead atoms. The molecule has 0 spiro atoms. The van der Waals surface area contributed by atoms with Gasteiger partial charge >= 0.3 is 0 Å². The van der Waals surface area contributed by atoms with E-state index < -0.39 is 10.0 Å². The largest absolute Gasteiger partial charge is 0.476 e. The number of fused-ring (bicyclic) bond motifs is 1. The number of pyridine rings is 1. The molecule has 0 aliphatic carbocycles. The molecule has 0 radical (unpaired) electrons. The highest BCUT2D eigenvalue weighted by Crippen LogP contribution is 2.26. The molecule has 0 atom stereocenters. The molecule has 1 aromatic carbocycles. The zero-order valence-electron chi connectivity index (χ0n) is 14.5. The third-order valence-electron chi connectivity index (χ3n) is 3.60. The molecule has 8 nitrogen and oxygen atoms in total. The molecule has 0 saturated heterocycles. The first-order valence-corrected chi connectivity index (χ1v) is 9.89. The summed E-state index contributed by atoms with van der Waals surface area (Å²) in [5.41, 5.74) is 2.35. The number of hydrogen-bond acceptors (Lipinski definition) is 7. The fourth-order valence-electron chi connectivity index (χ4n) is 2.39. The molecule has 0 aliphatic rings. The van der Waals surface area contributed by atoms with Crippen molar-refractivity contribution in [2.45, 2.75) is 6.92 Å². The minimum absolute atomic E-state index is 0.0665. The Morgan fingerprint density at radius 2 is 1.85 bits per heavy atom. The van der Waals surface area contributed by atoms with E-state index in [2.05, 4.69) is 20.3 Å². The Kier molecular flexibility index (Phi) is 5.47. The maximum Gasteiger partial charge on any atom is 0.245 e. The first-order chi connectivity index (χ1) is 12.9. The minimum atomic E-state index is -3.58. The molecule has 0 amide bonds. The van der Waals surface area contributed by atoms with Gasteiger partial charge in [0.25, 0.3) is 0 Å². The summed E-state index contributed by atoms with van der Waals surface area (Å²) in [6.45, 7) is 2.24. The molecule has 0 aliphatic heterocycles. The van der Waals surface area contributed by atoms with Gasteiger partial charge in [0.1, 0.15) is 5.82 Å². The Labute approximate surface area is 155 Å². The van der Waals surface area contributed by atoms with E-state index in [9.17, 15) is 12.8 Å². The summed E-state index contributed by atoms with van der Waals surface area (Å²) < 4.78 is 40.8. The molecule has 2 heterocycles. The number of primary sulfonamides is 1. The predicted molar refractivity (Wildman–Crippen MR) is 100 cm³/mol. The zero-order valence-corrected chi connectivity index (χ0v) is 15.3. The van der Waals surface area contributed by atoms with Crippen LogP contribution in [0.3, 0.4) is 0 Å². The summed E-state index contributed by atoms with van der Waals surface area (Å²) in [6.07, 6.45) is 0. The lowest BCUT2D eigenvalue weighted by atomic mass is 10.1. The molecule has 0 fully saturated rings. The second-order valence-electron chi connectivity index (χ2n) is 5.65. The van der Waals surface area contributed by atoms with Gasteiger partial charge in [-0.15, -0.1) is 0 Å². The highest BCUT2D eigenvalue weighted by atomic mass is 32.2. The molecule has 142 valence electrons. The Bertz CT molecular complexity index is 1060. The maximum absolute atomic E-state index is 13.1. The van der Waals surface area contributed by atoms with Crippen molar-refractivity contribution < 1.29 is 17.5 Å². The number of nitrogens with zero attached hydrogens (tertiary/aromatic N) is 3. The predicted octanol–water partition coefficient (Wildman–Crippen LogP) is 1.93. The molecular weight excluding hydrogens is 373 g/mol. The Morgan fingerprint density at radius 1 is 1.11 bits per heavy atom. The number of aromatic nitrogens is 3. The number of rotatable bonds is 7. The lowest BCUT2D eigenvalue weighted by molar-refractivity contribution is 0.330. The summed E-state index contributed by atoms with van der Waals surface area (Å²) in [5, 5.41) is 7.80. The van der Waals surface area contributed by atoms with Crippen LogP contribution in [0.15, 0.2) is 36.4 Å². The third kappa shape index (κ3) is 4.86. The second-order valence-corrected chi connectivity index (χ2v) is 7.38. The molecule has 2 aromatic heterocycles. The first-order valence-electron chi connectivity index (χ1n) is 8.17. The molecule has 3 aromatic rings. The van der Waals surface area contributed by atoms with Gasteiger partial charge in [0.15, 0.2) is 5.52 Å². The van der Waals surface area contributed by atoms with Gasteiger partial charge in [0, 0.05) is 12.1 Å². The number of anilines is 1. The van der Waals surface area contributed by atoms with E-state index in [1.54, 1.807) is 24.3 Å². The second kappa shape index (κ2) is 7.80. The lowest BCUT2D eigenvalue weighted by Gasteiger charge is -2.10. The van der Waals surface area contributed by atoms with Crippen LogP contribution < -0.4 is 15.2 Å². The van der Waals surface area contributed by atoms with Gasteiger partial charge in [-0.25, -0.2) is 27.9 Å². The molecule has 27 heavy (non-hydrogen) atoms. The molecule has 3 rings (SSSR count). The number of sulfonamides is 1. The Hall–Kier alpha value is -2.85. The van der Waals surface area contributed by atoms with E-state index in [4.69, 9.17) is 9.88 Å². The number of nitrogens with two attached hydrogens (primary N) is 1. The number of nitrogens with one attached hydrogen (secondary N) is 1. The highest BCUT2D eigenvalue weighted by molar-refractivity contribution is 7.89. The van der Waals surface area contributed by atoms with Crippen LogP contribution in [0, 0.1) is 5.82 Å². The van der Waals surface area contributed by atoms with Crippen molar-refractivity contribution in [1.29, 1.82) is 0 Å². The third-order valence-corrected chi connectivity index (χ3v) is 4.37. The van der Waals surface area contributed by atoms with E-state index in [-0.39, 0.29) is 29.9 Å². The monoisotopic (exact) mass is 391 g/mol. The van der Waals surface area contributed by atoms with Gasteiger partial charge in [-0.3, -0.25) is 0 Å². The van der Waals surface area contributed by atoms with Crippen LogP contribution >= 0.6 is 0 Å². The standard InChI is InChI=1S/C17H18FN5O3S/c1-2-26-16-15-14(22-17(23-16)20-9-10-27(19,24)25)8-7-13(21-15)11-3-5-12(18)6-4-11/h3-8H,2,9-10H2,1H3,(H2,19,24,25)(H,20,22,23). The quantitative estimate of drug-likeness (QED) is 0.631. The van der Waals surface area contributed by atoms with Crippen LogP contribution in [0.2, 0.25) is 0 Å². The van der Waals surface area contributed by atoms with Crippen molar-refractivity contribution in [2.24, 2.45) is 5.14 Å². The van der Waals surface area contributed by atoms with Gasteiger partial charge in [0.05, 0.1) is 23.6 Å². The van der Waals surface area contributed by atoms with Crippen molar-refractivity contribution in [3.8, 4) is 17.1 Å². The summed E-state index contributed by atoms with van der Waals surface area (Å²) >= 11 is 0. The van der Waals surface area contributed by atoms with Gasteiger partial charge in [-0.05, 0) is 43.3 Å². The van der Waals surface area contributed by atoms with Gasteiger partial charge in [0.2, 0.25) is 21.9 Å². The summed E-state index contributed by atoms with van der Waals surface area (Å²) in [6, 6.07) is 9.49. The number of hydrogen-bond donors (Lipinski definition) is 2. The molecule has 0 unspecified atom stereocenters. The van der Waals surface area contributed by atoms with Gasteiger partial charge < -0.3 is 10.1 Å². The van der Waals surface area contributed by atoms with Crippen molar-refractivity contribution >= 4 is 27.0 Å². The number of halogens is 1. The van der Waals surface area contributed by atoms with Crippen LogP contribution in [0.5, 0.6) is 5.88 Å². The number of ether oxygens (including phenoxy) is 1. The van der Waals surface area contributed by atoms with E-state index in [1.807, 2.05) is 6.92 Å². The van der Waals surface area contributed by atoms with Gasteiger partial charge in [-0.2, -0.15) is 4.98 Å². The van der Waals surface area contributed by atoms with Crippen LogP contribution in [0.4, 0.5) is 10.3 Å². The highest BCUT2D eigenvalue weighted by Gasteiger charge is 2.13. The van der Waals surface area contributed by atoms with E-state index in [0.29, 0.717) is 23.3 Å². The minimum Gasteiger partial charge on any atom is -0.476 e. The zero-order chi connectivity index (χ0) is 19.4. The fourth-order valence-corrected chi connectivity index (χ4v) is 2.78. The average molecular weight is 391 g/mol. The van der Waals surface area contributed by atoms with Crippen LogP contribution in [0.1, 0.15) is 6.92 Å². The summed E-state index contributed by atoms with van der Waals surface area (Å²) in [5.74, 6) is -0.0938. The SMILES string of the molecule is CCOc1nc(NCCS(N)(=O)=O)nc2ccc(-c3ccc(F)cc3)nc12. The Balaban J connectivity index is 1.96. The summed E-state index contributed by atoms with van der Waals surface area (Å²) in [7, 11) is -3.58. The summed E-state index contributed by atoms with van der Waals surface area (Å²) in [4.78, 5) is 13.1. The smallest absolute Gasteiger partial charge is 0.245 e. The first kappa shape index (κ1) is 18.9. The topological polar surface area (TPSA) is 120 Å². The van der Waals surface area contributed by atoms with Crippen molar-refractivity contribution in [3.63, 3.8) is 0 Å². The fraction of sp³-hybridized carbons (Fsp3) is 0.235. The van der Waals surface area contributed by atoms with E-state index in [1.165, 1.54) is 12.1 Å². The molecule has 0 saturated carbocycles. The average Bonchev–Trinajstić information content (AvgIpc) is 2.61. The molecule has 10 heteroatoms. The van der Waals surface area contributed by atoms with E-state index in [0.717, 1.165) is 5.56 Å². The van der Waals surface area contributed by atoms with Crippen LogP contribution in [-0.2, 0) is 10.0 Å². The van der Waals surface area contributed by atoms with Crippen molar-refractivity contribution in [3.05, 3.63) is 42.2 Å². The lowest BCUT2D eigenvalue weighted by Crippen LogP contribution is -2.23.